The minimum Gasteiger partial charge on any atom is -0.245 e. The van der Waals surface area contributed by atoms with Gasteiger partial charge < -0.3 is 0 Å². The molecule has 0 aliphatic heterocycles. The maximum absolute atomic E-state index is 5.29. The molecule has 0 saturated heterocycles. The molecule has 0 aliphatic rings. The molecule has 4 heteroatoms. The predicted molar refractivity (Wildman–Crippen MR) is 235 cm³/mol. The Morgan fingerprint density at radius 2 is 0.737 bits per heavy atom. The van der Waals surface area contributed by atoms with Crippen LogP contribution in [0.4, 0.5) is 0 Å². The van der Waals surface area contributed by atoms with Crippen molar-refractivity contribution in [2.45, 2.75) is 6.92 Å². The quantitative estimate of drug-likeness (QED) is 0.153. The first-order valence-corrected chi connectivity index (χ1v) is 19.2. The van der Waals surface area contributed by atoms with Gasteiger partial charge in [0.1, 0.15) is 0 Å². The number of nitrogens with zero attached hydrogens (tertiary/aromatic N) is 4. The fourth-order valence-corrected chi connectivity index (χ4v) is 7.60. The van der Waals surface area contributed by atoms with Crippen LogP contribution in [0.1, 0.15) is 5.56 Å². The van der Waals surface area contributed by atoms with E-state index < -0.39 is 0 Å². The molecule has 0 atom stereocenters. The molecule has 0 spiro atoms. The molecule has 268 valence electrons. The van der Waals surface area contributed by atoms with Gasteiger partial charge in [-0.15, -0.1) is 0 Å². The third kappa shape index (κ3) is 6.75. The molecule has 0 fully saturated rings. The highest BCUT2D eigenvalue weighted by atomic mass is 14.9. The van der Waals surface area contributed by atoms with Crippen LogP contribution >= 0.6 is 0 Å². The van der Waals surface area contributed by atoms with Crippen LogP contribution in [0, 0.1) is 6.92 Å². The van der Waals surface area contributed by atoms with E-state index in [1.165, 1.54) is 11.1 Å². The minimum atomic E-state index is 0.689. The molecule has 0 amide bonds. The van der Waals surface area contributed by atoms with Crippen LogP contribution in [0.25, 0.3) is 100 Å². The van der Waals surface area contributed by atoms with Gasteiger partial charge in [-0.1, -0.05) is 170 Å². The highest BCUT2D eigenvalue weighted by molar-refractivity contribution is 6.05. The van der Waals surface area contributed by atoms with E-state index >= 15 is 0 Å². The van der Waals surface area contributed by atoms with E-state index in [2.05, 4.69) is 165 Å². The summed E-state index contributed by atoms with van der Waals surface area (Å²) in [6, 6.07) is 69.7. The highest BCUT2D eigenvalue weighted by Gasteiger charge is 2.14. The van der Waals surface area contributed by atoms with Crippen molar-refractivity contribution in [3.8, 4) is 78.7 Å². The first-order chi connectivity index (χ1) is 28.1. The van der Waals surface area contributed by atoms with E-state index in [-0.39, 0.29) is 0 Å². The van der Waals surface area contributed by atoms with Gasteiger partial charge in [-0.3, -0.25) is 0 Å². The number of aryl methyl sites for hydroxylation is 1. The topological polar surface area (TPSA) is 51.6 Å². The maximum atomic E-state index is 5.29. The largest absolute Gasteiger partial charge is 0.245 e. The summed E-state index contributed by atoms with van der Waals surface area (Å²) in [5, 5.41) is 2.18. The van der Waals surface area contributed by atoms with Crippen LogP contribution < -0.4 is 0 Å². The molecule has 3 heterocycles. The van der Waals surface area contributed by atoms with Gasteiger partial charge in [0.25, 0.3) is 0 Å². The van der Waals surface area contributed by atoms with E-state index in [1.807, 2.05) is 42.5 Å². The summed E-state index contributed by atoms with van der Waals surface area (Å²) in [4.78, 5) is 20.7. The summed E-state index contributed by atoms with van der Waals surface area (Å²) >= 11 is 0. The minimum absolute atomic E-state index is 0.689. The molecule has 0 radical (unpaired) electrons. The maximum Gasteiger partial charge on any atom is 0.160 e. The first-order valence-electron chi connectivity index (χ1n) is 19.2. The molecule has 10 rings (SSSR count). The molecular weight excluding hydrogens is 693 g/mol. The number of benzene rings is 7. The van der Waals surface area contributed by atoms with Gasteiger partial charge >= 0.3 is 0 Å². The lowest BCUT2D eigenvalue weighted by molar-refractivity contribution is 1.18. The van der Waals surface area contributed by atoms with E-state index in [0.29, 0.717) is 5.82 Å². The highest BCUT2D eigenvalue weighted by Crippen LogP contribution is 2.35. The van der Waals surface area contributed by atoms with Crippen molar-refractivity contribution in [2.75, 3.05) is 0 Å². The standard InChI is InChI=1S/C53H36N4/c1-35-31-48(55-52-46(35)29-27-40-28-30-47(54-51(40)52)38-15-7-3-8-16-38)44-21-11-19-42(32-44)43-20-12-22-45(33-43)50-34-49(39-17-9-4-10-18-39)56-53(57-50)41-25-23-37(24-26-41)36-13-5-2-6-14-36/h2-34H,1H3. The van der Waals surface area contributed by atoms with Crippen molar-refractivity contribution in [2.24, 2.45) is 0 Å². The summed E-state index contributed by atoms with van der Waals surface area (Å²) in [5.74, 6) is 0.689. The third-order valence-corrected chi connectivity index (χ3v) is 10.6. The smallest absolute Gasteiger partial charge is 0.160 e. The zero-order valence-corrected chi connectivity index (χ0v) is 31.3. The van der Waals surface area contributed by atoms with Crippen molar-refractivity contribution < 1.29 is 0 Å². The molecule has 3 aromatic heterocycles. The fourth-order valence-electron chi connectivity index (χ4n) is 7.60. The molecule has 0 saturated carbocycles. The van der Waals surface area contributed by atoms with Crippen molar-refractivity contribution in [3.05, 3.63) is 206 Å². The fraction of sp³-hybridized carbons (Fsp3) is 0.0189. The van der Waals surface area contributed by atoms with Crippen LogP contribution in [0.2, 0.25) is 0 Å². The molecule has 4 nitrogen and oxygen atoms in total. The Labute approximate surface area is 331 Å². The summed E-state index contributed by atoms with van der Waals surface area (Å²) in [6.07, 6.45) is 0. The second kappa shape index (κ2) is 14.6. The zero-order chi connectivity index (χ0) is 38.1. The average molecular weight is 729 g/mol. The van der Waals surface area contributed by atoms with E-state index in [9.17, 15) is 0 Å². The Morgan fingerprint density at radius 1 is 0.281 bits per heavy atom. The molecule has 7 aromatic carbocycles. The molecule has 0 unspecified atom stereocenters. The molecule has 0 N–H and O–H groups in total. The monoisotopic (exact) mass is 728 g/mol. The lowest BCUT2D eigenvalue weighted by Crippen LogP contribution is -1.96. The lowest BCUT2D eigenvalue weighted by Gasteiger charge is -2.12. The third-order valence-electron chi connectivity index (χ3n) is 10.6. The number of rotatable bonds is 7. The van der Waals surface area contributed by atoms with E-state index in [0.717, 1.165) is 89.1 Å². The van der Waals surface area contributed by atoms with E-state index in [1.54, 1.807) is 0 Å². The number of hydrogen-bond donors (Lipinski definition) is 0. The molecular formula is C53H36N4. The number of pyridine rings is 2. The Balaban J connectivity index is 1.03. The van der Waals surface area contributed by atoms with Crippen molar-refractivity contribution >= 4 is 21.8 Å². The summed E-state index contributed by atoms with van der Waals surface area (Å²) in [5.41, 5.74) is 16.3. The van der Waals surface area contributed by atoms with Crippen LogP contribution in [-0.4, -0.2) is 19.9 Å². The lowest BCUT2D eigenvalue weighted by atomic mass is 9.97. The average Bonchev–Trinajstić information content (AvgIpc) is 3.29. The van der Waals surface area contributed by atoms with Gasteiger partial charge in [0.05, 0.1) is 33.8 Å². The number of hydrogen-bond acceptors (Lipinski definition) is 4. The van der Waals surface area contributed by atoms with Gasteiger partial charge in [-0.2, -0.15) is 0 Å². The first kappa shape index (κ1) is 34.0. The SMILES string of the molecule is Cc1cc(-c2cccc(-c3cccc(-c4cc(-c5ccccc5)nc(-c5ccc(-c6ccccc6)cc5)n4)c3)c2)nc2c1ccc1ccc(-c3ccccc3)nc12. The number of fused-ring (bicyclic) bond motifs is 3. The van der Waals surface area contributed by atoms with Gasteiger partial charge in [-0.05, 0) is 65.1 Å². The van der Waals surface area contributed by atoms with Gasteiger partial charge in [0.15, 0.2) is 5.82 Å². The molecule has 0 bridgehead atoms. The molecule has 57 heavy (non-hydrogen) atoms. The van der Waals surface area contributed by atoms with Gasteiger partial charge in [0.2, 0.25) is 0 Å². The van der Waals surface area contributed by atoms with Gasteiger partial charge in [-0.25, -0.2) is 19.9 Å². The number of aromatic nitrogens is 4. The van der Waals surface area contributed by atoms with Crippen LogP contribution in [0.5, 0.6) is 0 Å². The van der Waals surface area contributed by atoms with Gasteiger partial charge in [0, 0.05) is 38.6 Å². The molecule has 10 aromatic rings. The Kier molecular flexibility index (Phi) is 8.69. The zero-order valence-electron chi connectivity index (χ0n) is 31.3. The second-order valence-electron chi connectivity index (χ2n) is 14.4. The van der Waals surface area contributed by atoms with Crippen LogP contribution in [0.15, 0.2) is 200 Å². The Morgan fingerprint density at radius 3 is 1.37 bits per heavy atom. The normalized spacial score (nSPS) is 11.2. The van der Waals surface area contributed by atoms with Crippen molar-refractivity contribution in [1.82, 2.24) is 19.9 Å². The Hall–Kier alpha value is -7.56. The summed E-state index contributed by atoms with van der Waals surface area (Å²) in [7, 11) is 0. The van der Waals surface area contributed by atoms with Crippen LogP contribution in [-0.2, 0) is 0 Å². The summed E-state index contributed by atoms with van der Waals surface area (Å²) < 4.78 is 0. The van der Waals surface area contributed by atoms with Crippen LogP contribution in [0.3, 0.4) is 0 Å². The second-order valence-corrected chi connectivity index (χ2v) is 14.4. The van der Waals surface area contributed by atoms with Crippen molar-refractivity contribution in [1.29, 1.82) is 0 Å². The summed E-state index contributed by atoms with van der Waals surface area (Å²) in [6.45, 7) is 2.16. The van der Waals surface area contributed by atoms with Crippen molar-refractivity contribution in [3.63, 3.8) is 0 Å². The Bertz CT molecular complexity index is 3050. The van der Waals surface area contributed by atoms with E-state index in [4.69, 9.17) is 19.9 Å². The predicted octanol–water partition coefficient (Wildman–Crippen LogP) is 13.6. The molecule has 0 aliphatic carbocycles.